The molecule has 1 aromatic heterocycles. The van der Waals surface area contributed by atoms with Crippen LogP contribution in [0.1, 0.15) is 24.6 Å². The Balaban J connectivity index is 2.46. The Morgan fingerprint density at radius 3 is 2.69 bits per heavy atom. The molecule has 1 rings (SSSR count). The maximum absolute atomic E-state index is 5.87. The van der Waals surface area contributed by atoms with Gasteiger partial charge in [0, 0.05) is 10.8 Å². The van der Waals surface area contributed by atoms with Crippen molar-refractivity contribution in [3.63, 3.8) is 0 Å². The minimum absolute atomic E-state index is 0.612. The van der Waals surface area contributed by atoms with E-state index < -0.39 is 0 Å². The highest BCUT2D eigenvalue weighted by atomic mass is 35.5. The number of rotatable bonds is 5. The quantitative estimate of drug-likeness (QED) is 0.656. The fourth-order valence-corrected chi connectivity index (χ4v) is 2.85. The molecule has 0 aliphatic heterocycles. The smallest absolute Gasteiger partial charge is 0.0931 e. The number of alkyl halides is 1. The van der Waals surface area contributed by atoms with E-state index in [0.29, 0.717) is 5.92 Å². The van der Waals surface area contributed by atoms with Gasteiger partial charge in [-0.1, -0.05) is 24.9 Å². The third-order valence-electron chi connectivity index (χ3n) is 2.03. The molecule has 0 nitrogen and oxygen atoms in total. The van der Waals surface area contributed by atoms with Crippen molar-refractivity contribution < 1.29 is 0 Å². The fourth-order valence-electron chi connectivity index (χ4n) is 1.39. The molecule has 74 valence electrons. The molecule has 0 aliphatic carbocycles. The van der Waals surface area contributed by atoms with Crippen molar-refractivity contribution in [2.24, 2.45) is 5.92 Å². The summed E-state index contributed by atoms with van der Waals surface area (Å²) in [4.78, 5) is 1.35. The lowest BCUT2D eigenvalue weighted by Gasteiger charge is -2.10. The summed E-state index contributed by atoms with van der Waals surface area (Å²) >= 11 is 13.4. The Hall–Kier alpha value is 0.280. The van der Waals surface area contributed by atoms with E-state index in [2.05, 4.69) is 13.0 Å². The first-order valence-corrected chi connectivity index (χ1v) is 6.29. The molecule has 1 unspecified atom stereocenters. The first kappa shape index (κ1) is 11.4. The lowest BCUT2D eigenvalue weighted by molar-refractivity contribution is 0.532. The molecule has 1 aromatic rings. The van der Waals surface area contributed by atoms with Crippen molar-refractivity contribution in [2.45, 2.75) is 26.2 Å². The van der Waals surface area contributed by atoms with E-state index in [-0.39, 0.29) is 0 Å². The summed E-state index contributed by atoms with van der Waals surface area (Å²) in [5.74, 6) is 1.37. The van der Waals surface area contributed by atoms with Gasteiger partial charge in [0.15, 0.2) is 0 Å². The van der Waals surface area contributed by atoms with Crippen molar-refractivity contribution in [3.05, 3.63) is 21.3 Å². The molecule has 3 heteroatoms. The fraction of sp³-hybridized carbons (Fsp3) is 0.600. The Morgan fingerprint density at radius 1 is 1.46 bits per heavy atom. The molecule has 1 heterocycles. The normalized spacial score (nSPS) is 13.2. The van der Waals surface area contributed by atoms with E-state index in [1.165, 1.54) is 17.7 Å². The molecule has 0 saturated carbocycles. The Kier molecular flexibility index (Phi) is 5.15. The molecule has 13 heavy (non-hydrogen) atoms. The van der Waals surface area contributed by atoms with Crippen LogP contribution >= 0.6 is 34.5 Å². The van der Waals surface area contributed by atoms with Gasteiger partial charge in [-0.05, 0) is 30.9 Å². The third-order valence-corrected chi connectivity index (χ3v) is 3.72. The average molecular weight is 237 g/mol. The van der Waals surface area contributed by atoms with Crippen molar-refractivity contribution in [1.82, 2.24) is 0 Å². The van der Waals surface area contributed by atoms with Crippen molar-refractivity contribution in [3.8, 4) is 0 Å². The zero-order valence-electron chi connectivity index (χ0n) is 7.72. The number of hydrogen-bond acceptors (Lipinski definition) is 1. The van der Waals surface area contributed by atoms with Gasteiger partial charge in [-0.25, -0.2) is 0 Å². The van der Waals surface area contributed by atoms with Crippen LogP contribution in [0.25, 0.3) is 0 Å². The topological polar surface area (TPSA) is 0 Å². The molecule has 0 aromatic carbocycles. The van der Waals surface area contributed by atoms with Gasteiger partial charge >= 0.3 is 0 Å². The minimum Gasteiger partial charge on any atom is -0.128 e. The molecule has 0 radical (unpaired) electrons. The summed E-state index contributed by atoms with van der Waals surface area (Å²) < 4.78 is 0.875. The van der Waals surface area contributed by atoms with Gasteiger partial charge in [-0.2, -0.15) is 0 Å². The Morgan fingerprint density at radius 2 is 2.23 bits per heavy atom. The van der Waals surface area contributed by atoms with Crippen molar-refractivity contribution >= 4 is 34.5 Å². The Labute approximate surface area is 93.9 Å². The molecule has 0 fully saturated rings. The van der Waals surface area contributed by atoms with Crippen molar-refractivity contribution in [1.29, 1.82) is 0 Å². The summed E-state index contributed by atoms with van der Waals surface area (Å²) in [6.07, 6.45) is 3.49. The van der Waals surface area contributed by atoms with Gasteiger partial charge < -0.3 is 0 Å². The number of thiophene rings is 1. The van der Waals surface area contributed by atoms with Crippen LogP contribution in [-0.4, -0.2) is 5.88 Å². The van der Waals surface area contributed by atoms with Gasteiger partial charge in [0.2, 0.25) is 0 Å². The largest absolute Gasteiger partial charge is 0.128 e. The van der Waals surface area contributed by atoms with Crippen LogP contribution in [0.4, 0.5) is 0 Å². The third kappa shape index (κ3) is 3.88. The second kappa shape index (κ2) is 5.90. The van der Waals surface area contributed by atoms with Crippen molar-refractivity contribution in [2.75, 3.05) is 5.88 Å². The number of halogens is 2. The molecule has 0 N–H and O–H groups in total. The van der Waals surface area contributed by atoms with E-state index in [1.54, 1.807) is 11.3 Å². The standard InChI is InChI=1S/C10H14Cl2S/c1-2-3-8(7-11)6-9-4-5-10(12)13-9/h4-5,8H,2-3,6-7H2,1H3. The molecule has 1 atom stereocenters. The van der Waals surface area contributed by atoms with E-state index >= 15 is 0 Å². The zero-order chi connectivity index (χ0) is 9.68. The summed E-state index contributed by atoms with van der Waals surface area (Å²) in [6.45, 7) is 2.20. The van der Waals surface area contributed by atoms with Gasteiger partial charge in [-0.3, -0.25) is 0 Å². The summed E-state index contributed by atoms with van der Waals surface area (Å²) in [5, 5.41) is 0. The van der Waals surface area contributed by atoms with Crippen LogP contribution < -0.4 is 0 Å². The monoisotopic (exact) mass is 236 g/mol. The average Bonchev–Trinajstić information content (AvgIpc) is 2.50. The predicted octanol–water partition coefficient (Wildman–Crippen LogP) is 4.60. The summed E-state index contributed by atoms with van der Waals surface area (Å²) in [7, 11) is 0. The molecule has 0 saturated heterocycles. The van der Waals surface area contributed by atoms with Crippen LogP contribution in [0, 0.1) is 5.92 Å². The summed E-state index contributed by atoms with van der Waals surface area (Å²) in [5.41, 5.74) is 0. The molecular weight excluding hydrogens is 223 g/mol. The van der Waals surface area contributed by atoms with Crippen LogP contribution in [0.2, 0.25) is 4.34 Å². The molecule has 0 spiro atoms. The van der Waals surface area contributed by atoms with Gasteiger partial charge in [-0.15, -0.1) is 22.9 Å². The second-order valence-electron chi connectivity index (χ2n) is 3.22. The van der Waals surface area contributed by atoms with E-state index in [1.807, 2.05) is 6.07 Å². The predicted molar refractivity (Wildman–Crippen MR) is 62.2 cm³/mol. The SMILES string of the molecule is CCCC(CCl)Cc1ccc(Cl)s1. The molecule has 0 amide bonds. The Bertz CT molecular complexity index is 245. The van der Waals surface area contributed by atoms with E-state index in [4.69, 9.17) is 23.2 Å². The highest BCUT2D eigenvalue weighted by molar-refractivity contribution is 7.16. The highest BCUT2D eigenvalue weighted by Crippen LogP contribution is 2.25. The van der Waals surface area contributed by atoms with Crippen LogP contribution in [0.15, 0.2) is 12.1 Å². The zero-order valence-corrected chi connectivity index (χ0v) is 10.1. The van der Waals surface area contributed by atoms with Crippen LogP contribution in [0.5, 0.6) is 0 Å². The summed E-state index contributed by atoms with van der Waals surface area (Å²) in [6, 6.07) is 4.06. The first-order valence-electron chi connectivity index (χ1n) is 4.56. The lowest BCUT2D eigenvalue weighted by Crippen LogP contribution is -2.04. The maximum atomic E-state index is 5.87. The van der Waals surface area contributed by atoms with Crippen LogP contribution in [-0.2, 0) is 6.42 Å². The van der Waals surface area contributed by atoms with E-state index in [9.17, 15) is 0 Å². The van der Waals surface area contributed by atoms with Gasteiger partial charge in [0.25, 0.3) is 0 Å². The molecule has 0 aliphatic rings. The van der Waals surface area contributed by atoms with Gasteiger partial charge in [0.05, 0.1) is 4.34 Å². The van der Waals surface area contributed by atoms with Gasteiger partial charge in [0.1, 0.15) is 0 Å². The van der Waals surface area contributed by atoms with Crippen LogP contribution in [0.3, 0.4) is 0 Å². The lowest BCUT2D eigenvalue weighted by atomic mass is 10.0. The van der Waals surface area contributed by atoms with E-state index in [0.717, 1.165) is 16.6 Å². The minimum atomic E-state index is 0.612. The second-order valence-corrected chi connectivity index (χ2v) is 5.33. The highest BCUT2D eigenvalue weighted by Gasteiger charge is 2.08. The number of hydrogen-bond donors (Lipinski definition) is 0. The molecule has 0 bridgehead atoms. The first-order chi connectivity index (χ1) is 6.26. The molecular formula is C10H14Cl2S. The maximum Gasteiger partial charge on any atom is 0.0931 e.